The van der Waals surface area contributed by atoms with Crippen LogP contribution in [0.3, 0.4) is 0 Å². The zero-order valence-corrected chi connectivity index (χ0v) is 12.0. The zero-order valence-electron chi connectivity index (χ0n) is 12.0. The molecule has 1 heterocycles. The van der Waals surface area contributed by atoms with Gasteiger partial charge < -0.3 is 10.1 Å². The van der Waals surface area contributed by atoms with E-state index in [2.05, 4.69) is 17.2 Å². The van der Waals surface area contributed by atoms with E-state index in [9.17, 15) is 0 Å². The topological polar surface area (TPSA) is 33.6 Å². The van der Waals surface area contributed by atoms with Crippen LogP contribution in [-0.4, -0.2) is 25.9 Å². The van der Waals surface area contributed by atoms with Crippen molar-refractivity contribution < 1.29 is 4.74 Å². The summed E-state index contributed by atoms with van der Waals surface area (Å²) in [6.07, 6.45) is 11.1. The number of ether oxygens (including phenoxy) is 1. The van der Waals surface area contributed by atoms with E-state index in [1.807, 2.05) is 19.4 Å². The standard InChI is InChI=1S/C15H28N2O/c1-3-6-14-7-5-10-17-15(8-11-16-4-2)13-18-12-9-14/h4,13-14,17H,3,5-12H2,1-2H3/b15-13+,16-4+. The van der Waals surface area contributed by atoms with Crippen LogP contribution in [0.4, 0.5) is 0 Å². The first-order valence-corrected chi connectivity index (χ1v) is 7.35. The second kappa shape index (κ2) is 9.98. The summed E-state index contributed by atoms with van der Waals surface area (Å²) < 4.78 is 5.65. The van der Waals surface area contributed by atoms with Crippen molar-refractivity contribution in [2.24, 2.45) is 10.9 Å². The molecule has 0 aromatic heterocycles. The van der Waals surface area contributed by atoms with E-state index in [1.54, 1.807) is 0 Å². The maximum atomic E-state index is 5.65. The van der Waals surface area contributed by atoms with E-state index in [0.29, 0.717) is 0 Å². The fourth-order valence-corrected chi connectivity index (χ4v) is 2.38. The number of hydrogen-bond acceptors (Lipinski definition) is 3. The number of aliphatic imine (C=N–C) groups is 1. The lowest BCUT2D eigenvalue weighted by Crippen LogP contribution is -2.19. The molecule has 0 fully saturated rings. The molecule has 0 bridgehead atoms. The van der Waals surface area contributed by atoms with Crippen LogP contribution in [-0.2, 0) is 4.74 Å². The lowest BCUT2D eigenvalue weighted by Gasteiger charge is -2.19. The first kappa shape index (κ1) is 15.1. The Morgan fingerprint density at radius 2 is 2.39 bits per heavy atom. The Morgan fingerprint density at radius 3 is 3.17 bits per heavy atom. The van der Waals surface area contributed by atoms with E-state index in [0.717, 1.165) is 32.0 Å². The molecule has 0 radical (unpaired) electrons. The van der Waals surface area contributed by atoms with Gasteiger partial charge in [0.25, 0.3) is 0 Å². The van der Waals surface area contributed by atoms with Gasteiger partial charge in [0.1, 0.15) is 6.26 Å². The monoisotopic (exact) mass is 252 g/mol. The van der Waals surface area contributed by atoms with Crippen LogP contribution in [0.1, 0.15) is 52.4 Å². The minimum atomic E-state index is 0.844. The van der Waals surface area contributed by atoms with Gasteiger partial charge in [-0.05, 0) is 38.3 Å². The fraction of sp³-hybridized carbons (Fsp3) is 0.800. The van der Waals surface area contributed by atoms with E-state index < -0.39 is 0 Å². The van der Waals surface area contributed by atoms with Gasteiger partial charge in [-0.15, -0.1) is 0 Å². The largest absolute Gasteiger partial charge is 0.499 e. The van der Waals surface area contributed by atoms with Crippen LogP contribution in [0.2, 0.25) is 0 Å². The minimum absolute atomic E-state index is 0.844. The molecule has 1 aliphatic heterocycles. The van der Waals surface area contributed by atoms with Crippen molar-refractivity contribution in [3.63, 3.8) is 0 Å². The summed E-state index contributed by atoms with van der Waals surface area (Å²) >= 11 is 0. The molecule has 1 unspecified atom stereocenters. The average molecular weight is 252 g/mol. The van der Waals surface area contributed by atoms with Crippen LogP contribution in [0, 0.1) is 5.92 Å². The highest BCUT2D eigenvalue weighted by Crippen LogP contribution is 2.18. The van der Waals surface area contributed by atoms with Crippen LogP contribution in [0.15, 0.2) is 17.0 Å². The molecule has 0 saturated carbocycles. The van der Waals surface area contributed by atoms with Crippen molar-refractivity contribution in [3.8, 4) is 0 Å². The average Bonchev–Trinajstić information content (AvgIpc) is 2.39. The molecule has 1 aliphatic rings. The van der Waals surface area contributed by atoms with Gasteiger partial charge in [-0.2, -0.15) is 0 Å². The Morgan fingerprint density at radius 1 is 1.50 bits per heavy atom. The second-order valence-corrected chi connectivity index (χ2v) is 4.94. The highest BCUT2D eigenvalue weighted by molar-refractivity contribution is 5.53. The van der Waals surface area contributed by atoms with Crippen LogP contribution >= 0.6 is 0 Å². The fourth-order valence-electron chi connectivity index (χ4n) is 2.38. The van der Waals surface area contributed by atoms with Crippen LogP contribution < -0.4 is 5.32 Å². The third-order valence-corrected chi connectivity index (χ3v) is 3.40. The molecular formula is C15H28N2O. The van der Waals surface area contributed by atoms with E-state index in [-0.39, 0.29) is 0 Å². The first-order chi connectivity index (χ1) is 8.86. The summed E-state index contributed by atoms with van der Waals surface area (Å²) in [5, 5.41) is 3.47. The quantitative estimate of drug-likeness (QED) is 0.760. The molecule has 0 amide bonds. The zero-order chi connectivity index (χ0) is 13.1. The van der Waals surface area contributed by atoms with Crippen molar-refractivity contribution >= 4 is 6.21 Å². The molecule has 0 aromatic rings. The van der Waals surface area contributed by atoms with Gasteiger partial charge in [-0.1, -0.05) is 19.8 Å². The minimum Gasteiger partial charge on any atom is -0.499 e. The molecule has 0 saturated heterocycles. The molecule has 0 spiro atoms. The van der Waals surface area contributed by atoms with Crippen molar-refractivity contribution in [2.45, 2.75) is 52.4 Å². The Kier molecular flexibility index (Phi) is 8.36. The third-order valence-electron chi connectivity index (χ3n) is 3.40. The Bertz CT molecular complexity index is 261. The predicted octanol–water partition coefficient (Wildman–Crippen LogP) is 3.52. The molecule has 3 nitrogen and oxygen atoms in total. The third kappa shape index (κ3) is 6.67. The lowest BCUT2D eigenvalue weighted by atomic mass is 9.95. The summed E-state index contributed by atoms with van der Waals surface area (Å²) in [5.41, 5.74) is 1.19. The van der Waals surface area contributed by atoms with Gasteiger partial charge in [0.2, 0.25) is 0 Å². The molecule has 1 rings (SSSR count). The molecule has 0 aliphatic carbocycles. The summed E-state index contributed by atoms with van der Waals surface area (Å²) in [4.78, 5) is 4.24. The maximum absolute atomic E-state index is 5.65. The van der Waals surface area contributed by atoms with Crippen molar-refractivity contribution in [1.82, 2.24) is 5.32 Å². The molecule has 1 atom stereocenters. The SMILES string of the molecule is C/C=N/CC/C1=C\OCCC(CCC)CCCN1. The highest BCUT2D eigenvalue weighted by Gasteiger charge is 2.09. The van der Waals surface area contributed by atoms with Crippen LogP contribution in [0.5, 0.6) is 0 Å². The Hall–Kier alpha value is -0.990. The number of rotatable bonds is 5. The van der Waals surface area contributed by atoms with Gasteiger partial charge >= 0.3 is 0 Å². The molecule has 0 aromatic carbocycles. The number of nitrogens with one attached hydrogen (secondary N) is 1. The first-order valence-electron chi connectivity index (χ1n) is 7.35. The molecule has 18 heavy (non-hydrogen) atoms. The lowest BCUT2D eigenvalue weighted by molar-refractivity contribution is 0.205. The molecule has 3 heteroatoms. The van der Waals surface area contributed by atoms with Gasteiger partial charge in [0.05, 0.1) is 6.61 Å². The van der Waals surface area contributed by atoms with Gasteiger partial charge in [0.15, 0.2) is 0 Å². The Balaban J connectivity index is 2.36. The molecule has 1 N–H and O–H groups in total. The van der Waals surface area contributed by atoms with Gasteiger partial charge in [-0.25, -0.2) is 0 Å². The predicted molar refractivity (Wildman–Crippen MR) is 77.9 cm³/mol. The van der Waals surface area contributed by atoms with E-state index in [4.69, 9.17) is 4.74 Å². The van der Waals surface area contributed by atoms with E-state index in [1.165, 1.54) is 37.8 Å². The Labute approximate surface area is 112 Å². The van der Waals surface area contributed by atoms with Gasteiger partial charge in [-0.3, -0.25) is 4.99 Å². The summed E-state index contributed by atoms with van der Waals surface area (Å²) in [7, 11) is 0. The molecule has 104 valence electrons. The molecular weight excluding hydrogens is 224 g/mol. The smallest absolute Gasteiger partial charge is 0.102 e. The summed E-state index contributed by atoms with van der Waals surface area (Å²) in [6.45, 7) is 6.99. The normalized spacial score (nSPS) is 25.0. The maximum Gasteiger partial charge on any atom is 0.102 e. The van der Waals surface area contributed by atoms with Crippen LogP contribution in [0.25, 0.3) is 0 Å². The van der Waals surface area contributed by atoms with Crippen molar-refractivity contribution in [3.05, 3.63) is 12.0 Å². The van der Waals surface area contributed by atoms with E-state index >= 15 is 0 Å². The van der Waals surface area contributed by atoms with Crippen molar-refractivity contribution in [2.75, 3.05) is 19.7 Å². The summed E-state index contributed by atoms with van der Waals surface area (Å²) in [6, 6.07) is 0. The summed E-state index contributed by atoms with van der Waals surface area (Å²) in [5.74, 6) is 0.844. The van der Waals surface area contributed by atoms with Gasteiger partial charge in [0, 0.05) is 25.2 Å². The number of nitrogens with zero attached hydrogens (tertiary/aromatic N) is 1. The second-order valence-electron chi connectivity index (χ2n) is 4.94. The van der Waals surface area contributed by atoms with Crippen molar-refractivity contribution in [1.29, 1.82) is 0 Å². The number of hydrogen-bond donors (Lipinski definition) is 1. The highest BCUT2D eigenvalue weighted by atomic mass is 16.5.